The van der Waals surface area contributed by atoms with Crippen LogP contribution in [-0.4, -0.2) is 18.8 Å². The lowest BCUT2D eigenvalue weighted by Gasteiger charge is -2.65. The molecule has 1 aromatic rings. The lowest BCUT2D eigenvalue weighted by atomic mass is 9.39. The molecule has 0 aromatic heterocycles. The zero-order valence-corrected chi connectivity index (χ0v) is 32.7. The van der Waals surface area contributed by atoms with Crippen LogP contribution in [0.25, 0.3) is 0 Å². The molecule has 18 rings (SSSR count). The molecule has 1 aromatic carbocycles. The summed E-state index contributed by atoms with van der Waals surface area (Å²) in [6.45, 7) is 3.99. The second-order valence-electron chi connectivity index (χ2n) is 24.9. The summed E-state index contributed by atoms with van der Waals surface area (Å²) in [5, 5.41) is 0. The van der Waals surface area contributed by atoms with Gasteiger partial charge in [-0.2, -0.15) is 0 Å². The molecule has 1 saturated heterocycles. The molecule has 1 aliphatic heterocycles. The van der Waals surface area contributed by atoms with Crippen molar-refractivity contribution in [1.29, 1.82) is 0 Å². The molecule has 0 spiro atoms. The normalized spacial score (nSPS) is 57.7. The van der Waals surface area contributed by atoms with Gasteiger partial charge in [-0.15, -0.1) is 0 Å². The van der Waals surface area contributed by atoms with E-state index >= 15 is 0 Å². The molecular formula is C50H68O2. The molecule has 16 bridgehead atoms. The standard InChI is InChI=1S/C50H68O2/c1-46(28-52-46)27-51-42-14-41(47-15-29-2-30(16-47)4-31(3-29)17-47)43(48-18-32-5-33(19-48)7-34(6-32)20-48)45(50-24-38-11-39(25-50)13-40(12-38)26-50)44(42)49-21-35-8-36(22-49)10-37(9-35)23-49/h14,29-40H,2-13,15-28H2,1H3. The zero-order valence-electron chi connectivity index (χ0n) is 32.7. The summed E-state index contributed by atoms with van der Waals surface area (Å²) in [4.78, 5) is 0. The van der Waals surface area contributed by atoms with E-state index in [1.54, 1.807) is 96.3 Å². The van der Waals surface area contributed by atoms with Gasteiger partial charge < -0.3 is 9.47 Å². The molecule has 17 aliphatic rings. The minimum Gasteiger partial charge on any atom is -0.490 e. The molecule has 2 heteroatoms. The monoisotopic (exact) mass is 701 g/mol. The van der Waals surface area contributed by atoms with E-state index in [1.165, 1.54) is 63.5 Å². The number of ether oxygens (including phenoxy) is 2. The second kappa shape index (κ2) is 10.1. The molecule has 0 radical (unpaired) electrons. The number of hydrogen-bond donors (Lipinski definition) is 0. The molecule has 52 heavy (non-hydrogen) atoms. The number of hydrogen-bond acceptors (Lipinski definition) is 2. The summed E-state index contributed by atoms with van der Waals surface area (Å²) in [7, 11) is 0. The molecule has 16 aliphatic carbocycles. The van der Waals surface area contributed by atoms with E-state index in [0.29, 0.717) is 21.7 Å². The Morgan fingerprint density at radius 3 is 1.06 bits per heavy atom. The summed E-state index contributed by atoms with van der Waals surface area (Å²) in [5.74, 6) is 13.3. The Labute approximate surface area is 315 Å². The zero-order chi connectivity index (χ0) is 33.8. The summed E-state index contributed by atoms with van der Waals surface area (Å²) in [5.41, 5.74) is 9.69. The van der Waals surface area contributed by atoms with Crippen LogP contribution in [-0.2, 0) is 26.4 Å². The Balaban J connectivity index is 1.08. The largest absolute Gasteiger partial charge is 0.490 e. The molecule has 17 fully saturated rings. The third-order valence-corrected chi connectivity index (χ3v) is 20.8. The SMILES string of the molecule is CC1(COc2cc(C34CC5CC(CC(C5)C3)C4)c(C34CC5CC(CC(C5)C3)C4)c(C34CC5CC(CC(C5)C3)C4)c2C23CC4CC(CC(C4)C2)C3)CO1. The van der Waals surface area contributed by atoms with Gasteiger partial charge in [0.05, 0.1) is 6.61 Å². The third-order valence-electron chi connectivity index (χ3n) is 20.8. The first-order valence-electron chi connectivity index (χ1n) is 23.7. The van der Waals surface area contributed by atoms with Crippen molar-refractivity contribution in [2.45, 2.75) is 188 Å². The van der Waals surface area contributed by atoms with Crippen molar-refractivity contribution < 1.29 is 9.47 Å². The van der Waals surface area contributed by atoms with Crippen LogP contribution in [0.1, 0.15) is 183 Å². The highest BCUT2D eigenvalue weighted by molar-refractivity contribution is 5.63. The molecular weight excluding hydrogens is 633 g/mol. The van der Waals surface area contributed by atoms with Crippen molar-refractivity contribution >= 4 is 0 Å². The Hall–Kier alpha value is -1.02. The van der Waals surface area contributed by atoms with E-state index in [2.05, 4.69) is 24.1 Å². The first-order chi connectivity index (χ1) is 25.2. The Bertz CT molecular complexity index is 1560. The Morgan fingerprint density at radius 2 is 0.731 bits per heavy atom. The summed E-state index contributed by atoms with van der Waals surface area (Å²) in [6, 6.07) is 2.95. The van der Waals surface area contributed by atoms with Crippen LogP contribution in [0, 0.1) is 71.0 Å². The maximum Gasteiger partial charge on any atom is 0.123 e. The topological polar surface area (TPSA) is 21.8 Å². The van der Waals surface area contributed by atoms with Crippen molar-refractivity contribution in [2.24, 2.45) is 71.0 Å². The molecule has 1 unspecified atom stereocenters. The highest BCUT2D eigenvalue weighted by Gasteiger charge is 2.63. The van der Waals surface area contributed by atoms with Gasteiger partial charge in [-0.25, -0.2) is 0 Å². The van der Waals surface area contributed by atoms with Crippen molar-refractivity contribution in [2.75, 3.05) is 13.2 Å². The van der Waals surface area contributed by atoms with Gasteiger partial charge >= 0.3 is 0 Å². The van der Waals surface area contributed by atoms with Gasteiger partial charge in [0.15, 0.2) is 0 Å². The van der Waals surface area contributed by atoms with Gasteiger partial charge in [0.25, 0.3) is 0 Å². The van der Waals surface area contributed by atoms with Crippen LogP contribution < -0.4 is 4.74 Å². The van der Waals surface area contributed by atoms with Gasteiger partial charge in [0.1, 0.15) is 18.0 Å². The van der Waals surface area contributed by atoms with Gasteiger partial charge in [-0.1, -0.05) is 0 Å². The van der Waals surface area contributed by atoms with Crippen LogP contribution in [0.15, 0.2) is 6.07 Å². The van der Waals surface area contributed by atoms with E-state index < -0.39 is 0 Å². The van der Waals surface area contributed by atoms with Gasteiger partial charge in [-0.3, -0.25) is 0 Å². The fourth-order valence-corrected chi connectivity index (χ4v) is 20.9. The first-order valence-corrected chi connectivity index (χ1v) is 23.7. The molecule has 1 heterocycles. The molecule has 16 saturated carbocycles. The highest BCUT2D eigenvalue weighted by Crippen LogP contribution is 2.73. The lowest BCUT2D eigenvalue weighted by molar-refractivity contribution is -0.0296. The summed E-state index contributed by atoms with van der Waals surface area (Å²) < 4.78 is 13.7. The number of epoxide rings is 1. The number of benzene rings is 1. The van der Waals surface area contributed by atoms with E-state index in [9.17, 15) is 0 Å². The molecule has 280 valence electrons. The summed E-state index contributed by atoms with van der Waals surface area (Å²) in [6.07, 6.45) is 36.9. The van der Waals surface area contributed by atoms with Gasteiger partial charge in [0, 0.05) is 11.0 Å². The fraction of sp³-hybridized carbons (Fsp3) is 0.880. The molecule has 2 nitrogen and oxygen atoms in total. The van der Waals surface area contributed by atoms with Crippen molar-refractivity contribution in [3.63, 3.8) is 0 Å². The molecule has 0 N–H and O–H groups in total. The second-order valence-corrected chi connectivity index (χ2v) is 24.9. The van der Waals surface area contributed by atoms with Gasteiger partial charge in [-0.05, 0) is 271 Å². The Kier molecular flexibility index (Phi) is 6.04. The smallest absolute Gasteiger partial charge is 0.123 e. The van der Waals surface area contributed by atoms with E-state index in [1.807, 2.05) is 11.1 Å². The first kappa shape index (κ1) is 31.1. The maximum absolute atomic E-state index is 7.61. The van der Waals surface area contributed by atoms with Gasteiger partial charge in [0.2, 0.25) is 0 Å². The highest BCUT2D eigenvalue weighted by atomic mass is 16.6. The van der Waals surface area contributed by atoms with Crippen LogP contribution in [0.3, 0.4) is 0 Å². The van der Waals surface area contributed by atoms with Crippen LogP contribution in [0.2, 0.25) is 0 Å². The van der Waals surface area contributed by atoms with E-state index in [4.69, 9.17) is 9.47 Å². The average Bonchev–Trinajstić information content (AvgIpc) is 3.81. The molecule has 1 atom stereocenters. The van der Waals surface area contributed by atoms with Crippen molar-refractivity contribution in [1.82, 2.24) is 0 Å². The fourth-order valence-electron chi connectivity index (χ4n) is 20.9. The van der Waals surface area contributed by atoms with Crippen LogP contribution in [0.5, 0.6) is 5.75 Å². The number of rotatable bonds is 7. The van der Waals surface area contributed by atoms with E-state index in [0.717, 1.165) is 84.2 Å². The predicted molar refractivity (Wildman–Crippen MR) is 206 cm³/mol. The average molecular weight is 701 g/mol. The third kappa shape index (κ3) is 4.30. The quantitative estimate of drug-likeness (QED) is 0.264. The lowest BCUT2D eigenvalue weighted by Crippen LogP contribution is -2.56. The van der Waals surface area contributed by atoms with Crippen LogP contribution >= 0.6 is 0 Å². The van der Waals surface area contributed by atoms with Crippen molar-refractivity contribution in [3.05, 3.63) is 28.3 Å². The van der Waals surface area contributed by atoms with E-state index in [-0.39, 0.29) is 5.60 Å². The minimum atomic E-state index is -0.0704. The van der Waals surface area contributed by atoms with Crippen LogP contribution in [0.4, 0.5) is 0 Å². The van der Waals surface area contributed by atoms with Crippen molar-refractivity contribution in [3.8, 4) is 5.75 Å². The summed E-state index contributed by atoms with van der Waals surface area (Å²) >= 11 is 0. The molecule has 0 amide bonds. The minimum absolute atomic E-state index is 0.0704. The predicted octanol–water partition coefficient (Wildman–Crippen LogP) is 11.7. The maximum atomic E-state index is 7.61. The Morgan fingerprint density at radius 1 is 0.442 bits per heavy atom.